The van der Waals surface area contributed by atoms with Gasteiger partial charge in [0.1, 0.15) is 5.75 Å². The first kappa shape index (κ1) is 20.5. The van der Waals surface area contributed by atoms with Crippen LogP contribution in [0.1, 0.15) is 21.5 Å². The van der Waals surface area contributed by atoms with Crippen molar-refractivity contribution in [1.82, 2.24) is 9.80 Å². The van der Waals surface area contributed by atoms with Crippen LogP contribution in [0.15, 0.2) is 36.4 Å². The molecule has 1 saturated heterocycles. The summed E-state index contributed by atoms with van der Waals surface area (Å²) in [6, 6.07) is 10.6. The minimum absolute atomic E-state index is 0.0126. The predicted octanol–water partition coefficient (Wildman–Crippen LogP) is 3.97. The van der Waals surface area contributed by atoms with Gasteiger partial charge in [-0.3, -0.25) is 9.59 Å². The molecule has 0 N–H and O–H groups in total. The molecule has 7 heteroatoms. The molecule has 0 bridgehead atoms. The van der Waals surface area contributed by atoms with Gasteiger partial charge in [-0.1, -0.05) is 35.3 Å². The van der Waals surface area contributed by atoms with Gasteiger partial charge in [-0.2, -0.15) is 0 Å². The fourth-order valence-corrected chi connectivity index (χ4v) is 3.59. The van der Waals surface area contributed by atoms with Gasteiger partial charge in [-0.15, -0.1) is 0 Å². The van der Waals surface area contributed by atoms with E-state index in [2.05, 4.69) is 0 Å². The number of benzene rings is 2. The highest BCUT2D eigenvalue weighted by atomic mass is 35.5. The molecule has 28 heavy (non-hydrogen) atoms. The average molecular weight is 421 g/mol. The molecule has 0 spiro atoms. The fraction of sp³-hybridized carbons (Fsp3) is 0.333. The lowest BCUT2D eigenvalue weighted by Crippen LogP contribution is -2.51. The predicted molar refractivity (Wildman–Crippen MR) is 110 cm³/mol. The average Bonchev–Trinajstić information content (AvgIpc) is 2.68. The molecule has 0 radical (unpaired) electrons. The highest BCUT2D eigenvalue weighted by molar-refractivity contribution is 6.36. The van der Waals surface area contributed by atoms with Crippen molar-refractivity contribution >= 4 is 35.0 Å². The van der Waals surface area contributed by atoms with E-state index in [1.807, 2.05) is 32.0 Å². The molecule has 2 aromatic carbocycles. The van der Waals surface area contributed by atoms with Gasteiger partial charge in [-0.25, -0.2) is 0 Å². The largest absolute Gasteiger partial charge is 0.483 e. The van der Waals surface area contributed by atoms with Gasteiger partial charge in [0.25, 0.3) is 11.8 Å². The molecule has 0 aliphatic carbocycles. The van der Waals surface area contributed by atoms with Crippen molar-refractivity contribution in [3.63, 3.8) is 0 Å². The van der Waals surface area contributed by atoms with Gasteiger partial charge in [-0.05, 0) is 49.2 Å². The Kier molecular flexibility index (Phi) is 6.47. The van der Waals surface area contributed by atoms with Gasteiger partial charge < -0.3 is 14.5 Å². The first-order valence-corrected chi connectivity index (χ1v) is 9.83. The number of nitrogens with zero attached hydrogens (tertiary/aromatic N) is 2. The molecule has 0 aromatic heterocycles. The molecular formula is C21H22Cl2N2O3. The second kappa shape index (κ2) is 8.84. The lowest BCUT2D eigenvalue weighted by Gasteiger charge is -2.35. The van der Waals surface area contributed by atoms with Crippen LogP contribution in [0.3, 0.4) is 0 Å². The molecule has 1 aliphatic rings. The quantitative estimate of drug-likeness (QED) is 0.751. The Morgan fingerprint density at radius 3 is 2.36 bits per heavy atom. The zero-order valence-corrected chi connectivity index (χ0v) is 17.4. The maximum atomic E-state index is 12.7. The SMILES string of the molecule is Cc1cccc(OCC(=O)N2CCN(C(=O)c3ccc(Cl)cc3Cl)CC2)c1C. The van der Waals surface area contributed by atoms with Crippen molar-refractivity contribution < 1.29 is 14.3 Å². The summed E-state index contributed by atoms with van der Waals surface area (Å²) in [7, 11) is 0. The van der Waals surface area contributed by atoms with Crippen LogP contribution < -0.4 is 4.74 Å². The van der Waals surface area contributed by atoms with Gasteiger partial charge in [0.2, 0.25) is 0 Å². The number of carbonyl (C=O) groups excluding carboxylic acids is 2. The molecule has 148 valence electrons. The van der Waals surface area contributed by atoms with Crippen molar-refractivity contribution in [1.29, 1.82) is 0 Å². The molecule has 1 heterocycles. The Labute approximate surface area is 174 Å². The Bertz CT molecular complexity index is 893. The highest BCUT2D eigenvalue weighted by Crippen LogP contribution is 2.23. The van der Waals surface area contributed by atoms with Crippen LogP contribution in [0.4, 0.5) is 0 Å². The first-order chi connectivity index (χ1) is 13.4. The zero-order chi connectivity index (χ0) is 20.3. The van der Waals surface area contributed by atoms with Crippen molar-refractivity contribution in [3.8, 4) is 5.75 Å². The van der Waals surface area contributed by atoms with E-state index in [0.29, 0.717) is 41.8 Å². The molecule has 1 aliphatic heterocycles. The van der Waals surface area contributed by atoms with Gasteiger partial charge in [0, 0.05) is 31.2 Å². The Morgan fingerprint density at radius 1 is 1.00 bits per heavy atom. The Morgan fingerprint density at radius 2 is 1.68 bits per heavy atom. The number of rotatable bonds is 4. The van der Waals surface area contributed by atoms with Gasteiger partial charge >= 0.3 is 0 Å². The molecule has 2 amide bonds. The summed E-state index contributed by atoms with van der Waals surface area (Å²) in [5.41, 5.74) is 2.58. The van der Waals surface area contributed by atoms with Crippen molar-refractivity contribution in [3.05, 3.63) is 63.1 Å². The van der Waals surface area contributed by atoms with Crippen molar-refractivity contribution in [2.75, 3.05) is 32.8 Å². The number of piperazine rings is 1. The summed E-state index contributed by atoms with van der Waals surface area (Å²) in [5.74, 6) is 0.484. The molecule has 3 rings (SSSR count). The normalized spacial score (nSPS) is 14.1. The van der Waals surface area contributed by atoms with Crippen LogP contribution in [-0.4, -0.2) is 54.4 Å². The van der Waals surface area contributed by atoms with Gasteiger partial charge in [0.15, 0.2) is 6.61 Å². The lowest BCUT2D eigenvalue weighted by atomic mass is 10.1. The Hall–Kier alpha value is -2.24. The first-order valence-electron chi connectivity index (χ1n) is 9.08. The second-order valence-corrected chi connectivity index (χ2v) is 7.63. The molecule has 0 saturated carbocycles. The van der Waals surface area contributed by atoms with E-state index in [4.69, 9.17) is 27.9 Å². The van der Waals surface area contributed by atoms with E-state index >= 15 is 0 Å². The number of amides is 2. The third kappa shape index (κ3) is 4.59. The summed E-state index contributed by atoms with van der Waals surface area (Å²) in [4.78, 5) is 28.5. The van der Waals surface area contributed by atoms with Gasteiger partial charge in [0.05, 0.1) is 10.6 Å². The molecular weight excluding hydrogens is 399 g/mol. The summed E-state index contributed by atoms with van der Waals surface area (Å²) in [6.45, 7) is 5.80. The number of halogens is 2. The van der Waals surface area contributed by atoms with Crippen LogP contribution in [0.5, 0.6) is 5.75 Å². The number of ether oxygens (including phenoxy) is 1. The number of hydrogen-bond acceptors (Lipinski definition) is 3. The molecule has 1 fully saturated rings. The third-order valence-corrected chi connectivity index (χ3v) is 5.54. The molecule has 0 unspecified atom stereocenters. The second-order valence-electron chi connectivity index (χ2n) is 6.78. The molecule has 0 atom stereocenters. The Balaban J connectivity index is 1.54. The van der Waals surface area contributed by atoms with E-state index in [0.717, 1.165) is 16.9 Å². The topological polar surface area (TPSA) is 49.9 Å². The van der Waals surface area contributed by atoms with Crippen molar-refractivity contribution in [2.24, 2.45) is 0 Å². The highest BCUT2D eigenvalue weighted by Gasteiger charge is 2.26. The number of hydrogen-bond donors (Lipinski definition) is 0. The van der Waals surface area contributed by atoms with E-state index < -0.39 is 0 Å². The van der Waals surface area contributed by atoms with Crippen molar-refractivity contribution in [2.45, 2.75) is 13.8 Å². The number of carbonyl (C=O) groups is 2. The van der Waals surface area contributed by atoms with Crippen LogP contribution in [0, 0.1) is 13.8 Å². The van der Waals surface area contributed by atoms with E-state index in [-0.39, 0.29) is 18.4 Å². The monoisotopic (exact) mass is 420 g/mol. The van der Waals surface area contributed by atoms with E-state index in [9.17, 15) is 9.59 Å². The maximum absolute atomic E-state index is 12.7. The maximum Gasteiger partial charge on any atom is 0.260 e. The number of aryl methyl sites for hydroxylation is 1. The van der Waals surface area contributed by atoms with E-state index in [1.165, 1.54) is 0 Å². The summed E-state index contributed by atoms with van der Waals surface area (Å²) >= 11 is 12.0. The van der Waals surface area contributed by atoms with Crippen LogP contribution in [-0.2, 0) is 4.79 Å². The summed E-state index contributed by atoms with van der Waals surface area (Å²) < 4.78 is 5.70. The standard InChI is InChI=1S/C21H22Cl2N2O3/c1-14-4-3-5-19(15(14)2)28-13-20(26)24-8-10-25(11-9-24)21(27)17-7-6-16(22)12-18(17)23/h3-7,12H,8-11,13H2,1-2H3. The summed E-state index contributed by atoms with van der Waals surface area (Å²) in [6.07, 6.45) is 0. The van der Waals surface area contributed by atoms with E-state index in [1.54, 1.807) is 28.0 Å². The smallest absolute Gasteiger partial charge is 0.260 e. The minimum atomic E-state index is -0.152. The van der Waals surface area contributed by atoms with Crippen LogP contribution >= 0.6 is 23.2 Å². The van der Waals surface area contributed by atoms with Crippen LogP contribution in [0.25, 0.3) is 0 Å². The molecule has 2 aromatic rings. The third-order valence-electron chi connectivity index (χ3n) is 4.99. The molecule has 5 nitrogen and oxygen atoms in total. The lowest BCUT2D eigenvalue weighted by molar-refractivity contribution is -0.134. The van der Waals surface area contributed by atoms with Crippen LogP contribution in [0.2, 0.25) is 10.0 Å². The zero-order valence-electron chi connectivity index (χ0n) is 15.9. The fourth-order valence-electron chi connectivity index (χ4n) is 3.10. The minimum Gasteiger partial charge on any atom is -0.483 e. The summed E-state index contributed by atoms with van der Waals surface area (Å²) in [5, 5.41) is 0.818.